The van der Waals surface area contributed by atoms with Crippen LogP contribution in [0, 0.1) is 0 Å². The second-order valence-corrected chi connectivity index (χ2v) is 10.0. The van der Waals surface area contributed by atoms with E-state index in [1.807, 2.05) is 0 Å². The van der Waals surface area contributed by atoms with E-state index < -0.39 is 15.9 Å². The van der Waals surface area contributed by atoms with Crippen LogP contribution >= 0.6 is 23.2 Å². The maximum Gasteiger partial charge on any atom is 0.257 e. The van der Waals surface area contributed by atoms with Crippen molar-refractivity contribution in [1.82, 2.24) is 4.98 Å². The molecule has 1 fully saturated rings. The van der Waals surface area contributed by atoms with Crippen LogP contribution in [-0.2, 0) is 10.0 Å². The Balaban J connectivity index is 1.63. The van der Waals surface area contributed by atoms with Crippen LogP contribution in [0.25, 0.3) is 11.3 Å². The fraction of sp³-hybridized carbons (Fsp3) is 0.182. The molecule has 1 saturated heterocycles. The Hall–Kier alpha value is -2.81. The Morgan fingerprint density at radius 1 is 1.12 bits per heavy atom. The number of aromatic nitrogens is 1. The number of hydrogen-bond acceptors (Lipinski definition) is 5. The van der Waals surface area contributed by atoms with Crippen LogP contribution < -0.4 is 14.4 Å². The van der Waals surface area contributed by atoms with E-state index >= 15 is 0 Å². The van der Waals surface area contributed by atoms with Crippen molar-refractivity contribution in [1.29, 1.82) is 0 Å². The van der Waals surface area contributed by atoms with Gasteiger partial charge in [0, 0.05) is 28.9 Å². The van der Waals surface area contributed by atoms with E-state index in [0.717, 1.165) is 0 Å². The van der Waals surface area contributed by atoms with Crippen LogP contribution in [0.3, 0.4) is 0 Å². The molecule has 0 aliphatic carbocycles. The Morgan fingerprint density at radius 2 is 1.94 bits per heavy atom. The largest absolute Gasteiger partial charge is 0.481 e. The predicted octanol–water partition coefficient (Wildman–Crippen LogP) is 4.86. The summed E-state index contributed by atoms with van der Waals surface area (Å²) in [5.41, 5.74) is 2.32. The first kappa shape index (κ1) is 22.4. The van der Waals surface area contributed by atoms with Gasteiger partial charge in [-0.25, -0.2) is 13.4 Å². The number of nitrogens with one attached hydrogen (secondary N) is 1. The van der Waals surface area contributed by atoms with Gasteiger partial charge in [-0.05, 0) is 48.9 Å². The molecule has 1 N–H and O–H groups in total. The monoisotopic (exact) mass is 491 g/mol. The number of anilines is 2. The molecule has 166 valence electrons. The van der Waals surface area contributed by atoms with Crippen molar-refractivity contribution in [2.24, 2.45) is 0 Å². The van der Waals surface area contributed by atoms with Gasteiger partial charge in [0.25, 0.3) is 5.91 Å². The van der Waals surface area contributed by atoms with Gasteiger partial charge in [-0.3, -0.25) is 9.10 Å². The molecule has 1 aliphatic heterocycles. The van der Waals surface area contributed by atoms with E-state index in [1.165, 1.54) is 23.5 Å². The first-order chi connectivity index (χ1) is 15.3. The Labute approximate surface area is 196 Å². The van der Waals surface area contributed by atoms with Gasteiger partial charge in [0.05, 0.1) is 34.8 Å². The maximum absolute atomic E-state index is 13.0. The highest BCUT2D eigenvalue weighted by Crippen LogP contribution is 2.30. The number of methoxy groups -OCH3 is 1. The number of pyridine rings is 1. The summed E-state index contributed by atoms with van der Waals surface area (Å²) in [4.78, 5) is 17.4. The van der Waals surface area contributed by atoms with E-state index in [4.69, 9.17) is 27.9 Å². The molecule has 2 aromatic carbocycles. The first-order valence-corrected chi connectivity index (χ1v) is 12.1. The molecular weight excluding hydrogens is 473 g/mol. The number of ether oxygens (including phenoxy) is 1. The van der Waals surface area contributed by atoms with Gasteiger partial charge in [-0.1, -0.05) is 29.3 Å². The Bertz CT molecular complexity index is 1300. The normalized spacial score (nSPS) is 14.9. The molecule has 0 unspecified atom stereocenters. The Kier molecular flexibility index (Phi) is 6.28. The average molecular weight is 492 g/mol. The van der Waals surface area contributed by atoms with Gasteiger partial charge in [0.15, 0.2) is 0 Å². The highest BCUT2D eigenvalue weighted by molar-refractivity contribution is 7.93. The molecule has 0 saturated carbocycles. The summed E-state index contributed by atoms with van der Waals surface area (Å²) in [6.07, 6.45) is 0.538. The van der Waals surface area contributed by atoms with E-state index in [9.17, 15) is 13.2 Å². The SMILES string of the molecule is COc1cccc(-c2cc(Cl)cc(NC(=O)c3cc(N4CCCS4(=O)=O)ccc3Cl)c2)n1. The first-order valence-electron chi connectivity index (χ1n) is 9.70. The zero-order valence-corrected chi connectivity index (χ0v) is 19.3. The minimum Gasteiger partial charge on any atom is -0.481 e. The van der Waals surface area contributed by atoms with E-state index in [-0.39, 0.29) is 16.3 Å². The lowest BCUT2D eigenvalue weighted by molar-refractivity contribution is 0.102. The number of amides is 1. The lowest BCUT2D eigenvalue weighted by atomic mass is 10.1. The van der Waals surface area contributed by atoms with E-state index in [2.05, 4.69) is 10.3 Å². The summed E-state index contributed by atoms with van der Waals surface area (Å²) in [6.45, 7) is 0.371. The molecule has 0 atom stereocenters. The van der Waals surface area contributed by atoms with Gasteiger partial charge < -0.3 is 10.1 Å². The number of sulfonamides is 1. The molecule has 0 radical (unpaired) electrons. The van der Waals surface area contributed by atoms with E-state index in [0.29, 0.717) is 46.5 Å². The zero-order valence-electron chi connectivity index (χ0n) is 17.0. The molecule has 10 heteroatoms. The quantitative estimate of drug-likeness (QED) is 0.550. The van der Waals surface area contributed by atoms with Gasteiger partial charge in [0.2, 0.25) is 15.9 Å². The number of nitrogens with zero attached hydrogens (tertiary/aromatic N) is 2. The fourth-order valence-corrected chi connectivity index (χ4v) is 5.46. The maximum atomic E-state index is 13.0. The standard InChI is InChI=1S/C22H19Cl2N3O4S/c1-31-21-5-2-4-20(26-21)14-10-15(23)12-16(11-14)25-22(28)18-13-17(6-7-19(18)24)27-8-3-9-32(27,29)30/h2,4-7,10-13H,3,8-9H2,1H3,(H,25,28). The molecule has 7 nitrogen and oxygen atoms in total. The van der Waals surface area contributed by atoms with Crippen molar-refractivity contribution >= 4 is 50.5 Å². The minimum atomic E-state index is -3.38. The summed E-state index contributed by atoms with van der Waals surface area (Å²) in [6, 6.07) is 15.0. The summed E-state index contributed by atoms with van der Waals surface area (Å²) in [7, 11) is -1.85. The van der Waals surface area contributed by atoms with Gasteiger partial charge >= 0.3 is 0 Å². The molecule has 3 aromatic rings. The van der Waals surface area contributed by atoms with Crippen LogP contribution in [0.15, 0.2) is 54.6 Å². The molecule has 1 aliphatic rings. The lowest BCUT2D eigenvalue weighted by Crippen LogP contribution is -2.25. The molecule has 2 heterocycles. The van der Waals surface area contributed by atoms with Crippen LogP contribution in [0.5, 0.6) is 5.88 Å². The number of hydrogen-bond donors (Lipinski definition) is 1. The van der Waals surface area contributed by atoms with E-state index in [1.54, 1.807) is 42.5 Å². The number of carbonyl (C=O) groups is 1. The summed E-state index contributed by atoms with van der Waals surface area (Å²) < 4.78 is 30.9. The van der Waals surface area contributed by atoms with Gasteiger partial charge in [-0.2, -0.15) is 0 Å². The van der Waals surface area contributed by atoms with Gasteiger partial charge in [0.1, 0.15) is 0 Å². The summed E-state index contributed by atoms with van der Waals surface area (Å²) >= 11 is 12.5. The molecule has 32 heavy (non-hydrogen) atoms. The number of carbonyl (C=O) groups excluding carboxylic acids is 1. The number of halogens is 2. The van der Waals surface area contributed by atoms with Crippen LogP contribution in [0.4, 0.5) is 11.4 Å². The van der Waals surface area contributed by atoms with Crippen molar-refractivity contribution in [2.45, 2.75) is 6.42 Å². The summed E-state index contributed by atoms with van der Waals surface area (Å²) in [5.74, 6) is 0.0506. The molecular formula is C22H19Cl2N3O4S. The lowest BCUT2D eigenvalue weighted by Gasteiger charge is -2.18. The Morgan fingerprint density at radius 3 is 2.66 bits per heavy atom. The molecule has 1 amide bonds. The second-order valence-electron chi connectivity index (χ2n) is 7.15. The number of benzene rings is 2. The molecule has 4 rings (SSSR count). The van der Waals surface area contributed by atoms with Crippen molar-refractivity contribution in [3.63, 3.8) is 0 Å². The second kappa shape index (κ2) is 8.97. The average Bonchev–Trinajstić information content (AvgIpc) is 3.12. The molecule has 1 aromatic heterocycles. The topological polar surface area (TPSA) is 88.6 Å². The number of rotatable bonds is 5. The smallest absolute Gasteiger partial charge is 0.257 e. The van der Waals surface area contributed by atoms with Crippen molar-refractivity contribution in [2.75, 3.05) is 29.0 Å². The van der Waals surface area contributed by atoms with Crippen LogP contribution in [0.1, 0.15) is 16.8 Å². The van der Waals surface area contributed by atoms with Crippen molar-refractivity contribution in [3.05, 3.63) is 70.2 Å². The third-order valence-corrected chi connectivity index (χ3v) is 7.38. The van der Waals surface area contributed by atoms with Gasteiger partial charge in [-0.15, -0.1) is 0 Å². The van der Waals surface area contributed by atoms with Crippen molar-refractivity contribution < 1.29 is 17.9 Å². The third kappa shape index (κ3) is 4.67. The third-order valence-electron chi connectivity index (χ3n) is 4.97. The van der Waals surface area contributed by atoms with Crippen LogP contribution in [0.2, 0.25) is 10.0 Å². The predicted molar refractivity (Wildman–Crippen MR) is 126 cm³/mol. The summed E-state index contributed by atoms with van der Waals surface area (Å²) in [5, 5.41) is 3.40. The zero-order chi connectivity index (χ0) is 22.9. The van der Waals surface area contributed by atoms with Crippen molar-refractivity contribution in [3.8, 4) is 17.1 Å². The highest BCUT2D eigenvalue weighted by atomic mass is 35.5. The molecule has 0 spiro atoms. The minimum absolute atomic E-state index is 0.0841. The molecule has 0 bridgehead atoms. The highest BCUT2D eigenvalue weighted by Gasteiger charge is 2.29. The van der Waals surface area contributed by atoms with Crippen LogP contribution in [-0.4, -0.2) is 38.7 Å². The fourth-order valence-electron chi connectivity index (χ4n) is 3.47.